The number of rotatable bonds is 8. The van der Waals surface area contributed by atoms with E-state index in [0.717, 1.165) is 18.8 Å². The minimum absolute atomic E-state index is 0. The molecule has 112 valence electrons. The van der Waals surface area contributed by atoms with Gasteiger partial charge in [0.05, 0.1) is 6.61 Å². The number of halogens is 1. The van der Waals surface area contributed by atoms with Gasteiger partial charge < -0.3 is 14.8 Å². The molecule has 0 bridgehead atoms. The molecule has 1 rings (SSSR count). The first kappa shape index (κ1) is 18.6. The first-order chi connectivity index (χ1) is 9.17. The van der Waals surface area contributed by atoms with Gasteiger partial charge in [-0.3, -0.25) is 0 Å². The molecule has 20 heavy (non-hydrogen) atoms. The van der Waals surface area contributed by atoms with Gasteiger partial charge in [0.25, 0.3) is 0 Å². The largest absolute Gasteiger partial charge is 0.490 e. The van der Waals surface area contributed by atoms with E-state index in [4.69, 9.17) is 15.9 Å². The minimum atomic E-state index is 0. The molecule has 1 aromatic rings. The van der Waals surface area contributed by atoms with Gasteiger partial charge in [-0.25, -0.2) is 0 Å². The highest BCUT2D eigenvalue weighted by molar-refractivity contribution is 5.85. The molecule has 0 aliphatic carbocycles. The van der Waals surface area contributed by atoms with E-state index in [1.54, 1.807) is 0 Å². The zero-order valence-corrected chi connectivity index (χ0v) is 13.3. The van der Waals surface area contributed by atoms with Crippen LogP contribution in [0.3, 0.4) is 0 Å². The van der Waals surface area contributed by atoms with Crippen molar-refractivity contribution in [1.29, 1.82) is 0 Å². The molecule has 3 nitrogen and oxygen atoms in total. The number of nitrogens with one attached hydrogen (secondary N) is 1. The average molecular weight is 298 g/mol. The maximum atomic E-state index is 5.58. The second-order valence-corrected chi connectivity index (χ2v) is 4.73. The van der Waals surface area contributed by atoms with Crippen LogP contribution in [0.5, 0.6) is 11.5 Å². The van der Waals surface area contributed by atoms with Crippen LogP contribution in [-0.2, 0) is 6.54 Å². The average Bonchev–Trinajstić information content (AvgIpc) is 2.38. The van der Waals surface area contributed by atoms with Crippen molar-refractivity contribution in [2.24, 2.45) is 5.92 Å². The standard InChI is InChI=1S/C16H23NO2.ClH/c1-5-9-19-15-8-7-14(10-16(15)18-6-2)12-17-11-13(3)4;/h1,7-8,10,13,17H,6,9,11-12H2,2-4H3;1H. The van der Waals surface area contributed by atoms with Crippen molar-refractivity contribution in [2.45, 2.75) is 27.3 Å². The Hall–Kier alpha value is -1.37. The van der Waals surface area contributed by atoms with Crippen molar-refractivity contribution in [1.82, 2.24) is 5.32 Å². The van der Waals surface area contributed by atoms with Crippen LogP contribution >= 0.6 is 12.4 Å². The summed E-state index contributed by atoms with van der Waals surface area (Å²) in [5, 5.41) is 3.40. The maximum absolute atomic E-state index is 5.58. The number of hydrogen-bond acceptors (Lipinski definition) is 3. The number of hydrogen-bond donors (Lipinski definition) is 1. The molecule has 0 spiro atoms. The van der Waals surface area contributed by atoms with Crippen LogP contribution in [0.1, 0.15) is 26.3 Å². The van der Waals surface area contributed by atoms with Gasteiger partial charge in [0.15, 0.2) is 11.5 Å². The Kier molecular flexibility index (Phi) is 9.71. The molecule has 0 saturated carbocycles. The Bertz CT molecular complexity index is 427. The first-order valence-electron chi connectivity index (χ1n) is 6.70. The SMILES string of the molecule is C#CCOc1ccc(CNCC(C)C)cc1OCC.Cl. The van der Waals surface area contributed by atoms with Gasteiger partial charge in [-0.05, 0) is 37.1 Å². The lowest BCUT2D eigenvalue weighted by Crippen LogP contribution is -2.19. The summed E-state index contributed by atoms with van der Waals surface area (Å²) in [6.45, 7) is 9.02. The van der Waals surface area contributed by atoms with Gasteiger partial charge in [-0.15, -0.1) is 18.8 Å². The van der Waals surface area contributed by atoms with Crippen LogP contribution in [0.15, 0.2) is 18.2 Å². The quantitative estimate of drug-likeness (QED) is 0.747. The van der Waals surface area contributed by atoms with E-state index in [1.165, 1.54) is 5.56 Å². The highest BCUT2D eigenvalue weighted by Crippen LogP contribution is 2.28. The molecule has 4 heteroatoms. The van der Waals surface area contributed by atoms with Gasteiger partial charge >= 0.3 is 0 Å². The molecule has 1 N–H and O–H groups in total. The van der Waals surface area contributed by atoms with Crippen molar-refractivity contribution in [3.63, 3.8) is 0 Å². The van der Waals surface area contributed by atoms with E-state index in [9.17, 15) is 0 Å². The first-order valence-corrected chi connectivity index (χ1v) is 6.70. The minimum Gasteiger partial charge on any atom is -0.490 e. The molecule has 0 aromatic heterocycles. The van der Waals surface area contributed by atoms with Gasteiger partial charge in [0, 0.05) is 6.54 Å². The van der Waals surface area contributed by atoms with Crippen LogP contribution < -0.4 is 14.8 Å². The Balaban J connectivity index is 0.00000361. The molecule has 1 aromatic carbocycles. The highest BCUT2D eigenvalue weighted by atomic mass is 35.5. The summed E-state index contributed by atoms with van der Waals surface area (Å²) < 4.78 is 11.0. The van der Waals surface area contributed by atoms with E-state index in [-0.39, 0.29) is 19.0 Å². The van der Waals surface area contributed by atoms with E-state index in [0.29, 0.717) is 18.3 Å². The predicted octanol–water partition coefficient (Wildman–Crippen LogP) is 3.26. The Morgan fingerprint density at radius 2 is 2.00 bits per heavy atom. The Labute approximate surface area is 128 Å². The molecular formula is C16H24ClNO2. The lowest BCUT2D eigenvalue weighted by molar-refractivity contribution is 0.299. The van der Waals surface area contributed by atoms with Crippen molar-refractivity contribution in [3.8, 4) is 23.8 Å². The number of benzene rings is 1. The molecular weight excluding hydrogens is 274 g/mol. The molecule has 0 aliphatic rings. The zero-order valence-electron chi connectivity index (χ0n) is 12.4. The fourth-order valence-corrected chi connectivity index (χ4v) is 1.67. The molecule has 0 radical (unpaired) electrons. The highest BCUT2D eigenvalue weighted by Gasteiger charge is 2.06. The van der Waals surface area contributed by atoms with Gasteiger partial charge in [0.1, 0.15) is 6.61 Å². The molecule has 0 aliphatic heterocycles. The third kappa shape index (κ3) is 6.70. The molecule has 0 atom stereocenters. The summed E-state index contributed by atoms with van der Waals surface area (Å²) in [7, 11) is 0. The van der Waals surface area contributed by atoms with E-state index in [1.807, 2.05) is 25.1 Å². The second kappa shape index (κ2) is 10.4. The number of ether oxygens (including phenoxy) is 2. The van der Waals surface area contributed by atoms with Crippen LogP contribution in [0.25, 0.3) is 0 Å². The topological polar surface area (TPSA) is 30.5 Å². The third-order valence-electron chi connectivity index (χ3n) is 2.50. The van der Waals surface area contributed by atoms with Crippen molar-refractivity contribution in [2.75, 3.05) is 19.8 Å². The van der Waals surface area contributed by atoms with E-state index >= 15 is 0 Å². The van der Waals surface area contributed by atoms with E-state index < -0.39 is 0 Å². The Morgan fingerprint density at radius 1 is 1.25 bits per heavy atom. The smallest absolute Gasteiger partial charge is 0.162 e. The fraction of sp³-hybridized carbons (Fsp3) is 0.500. The summed E-state index contributed by atoms with van der Waals surface area (Å²) in [4.78, 5) is 0. The summed E-state index contributed by atoms with van der Waals surface area (Å²) in [5.74, 6) is 4.55. The summed E-state index contributed by atoms with van der Waals surface area (Å²) in [5.41, 5.74) is 1.18. The van der Waals surface area contributed by atoms with Gasteiger partial charge in [0.2, 0.25) is 0 Å². The third-order valence-corrected chi connectivity index (χ3v) is 2.50. The lowest BCUT2D eigenvalue weighted by atomic mass is 10.2. The zero-order chi connectivity index (χ0) is 14.1. The molecule has 0 heterocycles. The van der Waals surface area contributed by atoms with Gasteiger partial charge in [-0.1, -0.05) is 25.8 Å². The molecule has 0 unspecified atom stereocenters. The summed E-state index contributed by atoms with van der Waals surface area (Å²) in [6.07, 6.45) is 5.20. The van der Waals surface area contributed by atoms with E-state index in [2.05, 4.69) is 25.1 Å². The normalized spacial score (nSPS) is 9.75. The summed E-state index contributed by atoms with van der Waals surface area (Å²) in [6, 6.07) is 5.94. The summed E-state index contributed by atoms with van der Waals surface area (Å²) >= 11 is 0. The Morgan fingerprint density at radius 3 is 2.60 bits per heavy atom. The van der Waals surface area contributed by atoms with Crippen LogP contribution in [0, 0.1) is 18.3 Å². The maximum Gasteiger partial charge on any atom is 0.162 e. The van der Waals surface area contributed by atoms with Crippen LogP contribution in [-0.4, -0.2) is 19.8 Å². The van der Waals surface area contributed by atoms with Crippen molar-refractivity contribution < 1.29 is 9.47 Å². The number of terminal acetylenes is 1. The monoisotopic (exact) mass is 297 g/mol. The lowest BCUT2D eigenvalue weighted by Gasteiger charge is -2.13. The predicted molar refractivity (Wildman–Crippen MR) is 85.7 cm³/mol. The fourth-order valence-electron chi connectivity index (χ4n) is 1.67. The van der Waals surface area contributed by atoms with Crippen molar-refractivity contribution in [3.05, 3.63) is 23.8 Å². The van der Waals surface area contributed by atoms with Crippen LogP contribution in [0.4, 0.5) is 0 Å². The van der Waals surface area contributed by atoms with Gasteiger partial charge in [-0.2, -0.15) is 0 Å². The second-order valence-electron chi connectivity index (χ2n) is 4.73. The van der Waals surface area contributed by atoms with Crippen LogP contribution in [0.2, 0.25) is 0 Å². The molecule has 0 fully saturated rings. The molecule has 0 saturated heterocycles. The molecule has 0 amide bonds. The van der Waals surface area contributed by atoms with Crippen molar-refractivity contribution >= 4 is 12.4 Å².